The molecule has 0 saturated heterocycles. The summed E-state index contributed by atoms with van der Waals surface area (Å²) in [5.74, 6) is -1.52. The molecule has 142 valence electrons. The Morgan fingerprint density at radius 3 is 2.79 bits per heavy atom. The molecule has 0 saturated carbocycles. The number of aromatic nitrogens is 1. The van der Waals surface area contributed by atoms with Crippen molar-refractivity contribution in [1.29, 1.82) is 0 Å². The van der Waals surface area contributed by atoms with Gasteiger partial charge in [-0.3, -0.25) is 9.78 Å². The zero-order valence-electron chi connectivity index (χ0n) is 15.4. The Labute approximate surface area is 161 Å². The van der Waals surface area contributed by atoms with Crippen molar-refractivity contribution in [1.82, 2.24) is 4.98 Å². The third kappa shape index (κ3) is 3.45. The van der Waals surface area contributed by atoms with Crippen LogP contribution in [0.3, 0.4) is 0 Å². The average Bonchev–Trinajstić information content (AvgIpc) is 3.13. The van der Waals surface area contributed by atoms with Crippen molar-refractivity contribution in [2.75, 3.05) is 5.32 Å². The first-order chi connectivity index (χ1) is 13.5. The van der Waals surface area contributed by atoms with Gasteiger partial charge in [0.15, 0.2) is 6.10 Å². The van der Waals surface area contributed by atoms with Gasteiger partial charge in [-0.2, -0.15) is 0 Å². The summed E-state index contributed by atoms with van der Waals surface area (Å²) < 4.78 is 18.7. The van der Waals surface area contributed by atoms with Gasteiger partial charge in [-0.25, -0.2) is 9.18 Å². The summed E-state index contributed by atoms with van der Waals surface area (Å²) in [7, 11) is 0. The summed E-state index contributed by atoms with van der Waals surface area (Å²) in [6.45, 7) is 1.50. The molecule has 0 aliphatic heterocycles. The van der Waals surface area contributed by atoms with Crippen molar-refractivity contribution < 1.29 is 18.7 Å². The molecule has 5 nitrogen and oxygen atoms in total. The van der Waals surface area contributed by atoms with Crippen molar-refractivity contribution in [3.8, 4) is 0 Å². The Balaban J connectivity index is 1.58. The number of ether oxygens (including phenoxy) is 1. The maximum Gasteiger partial charge on any atom is 0.339 e. The van der Waals surface area contributed by atoms with Gasteiger partial charge in [0, 0.05) is 16.8 Å². The predicted octanol–water partition coefficient (Wildman–Crippen LogP) is 4.05. The van der Waals surface area contributed by atoms with Gasteiger partial charge in [0.1, 0.15) is 5.82 Å². The minimum Gasteiger partial charge on any atom is -0.449 e. The highest BCUT2D eigenvalue weighted by Gasteiger charge is 2.27. The molecule has 1 heterocycles. The number of aryl methyl sites for hydroxylation is 1. The molecule has 28 heavy (non-hydrogen) atoms. The highest BCUT2D eigenvalue weighted by molar-refractivity contribution is 6.06. The van der Waals surface area contributed by atoms with Crippen LogP contribution in [0.15, 0.2) is 48.5 Å². The van der Waals surface area contributed by atoms with E-state index in [1.807, 2.05) is 24.3 Å². The van der Waals surface area contributed by atoms with Gasteiger partial charge in [0.25, 0.3) is 5.91 Å². The van der Waals surface area contributed by atoms with Crippen LogP contribution in [-0.2, 0) is 22.4 Å². The molecule has 4 rings (SSSR count). The number of amides is 1. The van der Waals surface area contributed by atoms with E-state index in [-0.39, 0.29) is 0 Å². The molecular formula is C22H19FN2O3. The van der Waals surface area contributed by atoms with Crippen LogP contribution in [0.4, 0.5) is 10.1 Å². The van der Waals surface area contributed by atoms with Crippen LogP contribution in [0.5, 0.6) is 0 Å². The number of nitrogens with one attached hydrogen (secondary N) is 1. The lowest BCUT2D eigenvalue weighted by Crippen LogP contribution is -2.30. The summed E-state index contributed by atoms with van der Waals surface area (Å²) in [5, 5.41) is 3.29. The number of benzene rings is 2. The molecular weight excluding hydrogens is 359 g/mol. The van der Waals surface area contributed by atoms with Gasteiger partial charge in [-0.05, 0) is 56.0 Å². The van der Waals surface area contributed by atoms with Gasteiger partial charge < -0.3 is 10.1 Å². The number of halogens is 1. The minimum atomic E-state index is -1.03. The number of pyridine rings is 1. The highest BCUT2D eigenvalue weighted by Crippen LogP contribution is 2.30. The van der Waals surface area contributed by atoms with E-state index >= 15 is 0 Å². The lowest BCUT2D eigenvalue weighted by atomic mass is 10.0. The van der Waals surface area contributed by atoms with Crippen molar-refractivity contribution >= 4 is 28.5 Å². The molecule has 1 aliphatic rings. The SMILES string of the molecule is C[C@H](OC(=O)c1c2c(nc3ccccc13)CCC2)C(=O)Nc1cccc(F)c1. The van der Waals surface area contributed by atoms with E-state index in [1.165, 1.54) is 25.1 Å². The summed E-state index contributed by atoms with van der Waals surface area (Å²) in [6.07, 6.45) is 1.51. The molecule has 1 atom stereocenters. The second kappa shape index (κ2) is 7.38. The lowest BCUT2D eigenvalue weighted by Gasteiger charge is -2.16. The first kappa shape index (κ1) is 18.1. The van der Waals surface area contributed by atoms with E-state index in [0.29, 0.717) is 11.3 Å². The molecule has 0 unspecified atom stereocenters. The Morgan fingerprint density at radius 1 is 1.14 bits per heavy atom. The first-order valence-electron chi connectivity index (χ1n) is 9.21. The highest BCUT2D eigenvalue weighted by atomic mass is 19.1. The molecule has 0 bridgehead atoms. The van der Waals surface area contributed by atoms with Crippen molar-refractivity contribution in [2.45, 2.75) is 32.3 Å². The van der Waals surface area contributed by atoms with Crippen LogP contribution < -0.4 is 5.32 Å². The number of rotatable bonds is 4. The summed E-state index contributed by atoms with van der Waals surface area (Å²) >= 11 is 0. The summed E-state index contributed by atoms with van der Waals surface area (Å²) in [5.41, 5.74) is 3.36. The molecule has 0 fully saturated rings. The normalized spacial score (nSPS) is 13.8. The van der Waals surface area contributed by atoms with E-state index in [2.05, 4.69) is 10.3 Å². The van der Waals surface area contributed by atoms with Crippen LogP contribution in [0, 0.1) is 5.82 Å². The number of para-hydroxylation sites is 1. The fraction of sp³-hybridized carbons (Fsp3) is 0.227. The predicted molar refractivity (Wildman–Crippen MR) is 104 cm³/mol. The number of anilines is 1. The molecule has 1 aromatic heterocycles. The monoisotopic (exact) mass is 378 g/mol. The van der Waals surface area contributed by atoms with Gasteiger partial charge in [0.2, 0.25) is 0 Å². The number of hydrogen-bond acceptors (Lipinski definition) is 4. The van der Waals surface area contributed by atoms with Crippen molar-refractivity contribution in [3.05, 3.63) is 71.2 Å². The molecule has 1 N–H and O–H groups in total. The van der Waals surface area contributed by atoms with Crippen LogP contribution in [-0.4, -0.2) is 23.0 Å². The number of esters is 1. The van der Waals surface area contributed by atoms with E-state index < -0.39 is 23.8 Å². The Morgan fingerprint density at radius 2 is 1.96 bits per heavy atom. The molecule has 6 heteroatoms. The zero-order valence-corrected chi connectivity index (χ0v) is 15.4. The summed E-state index contributed by atoms with van der Waals surface area (Å²) in [4.78, 5) is 30.0. The van der Waals surface area contributed by atoms with E-state index in [0.717, 1.165) is 41.4 Å². The topological polar surface area (TPSA) is 68.3 Å². The van der Waals surface area contributed by atoms with Crippen molar-refractivity contribution in [3.63, 3.8) is 0 Å². The largest absolute Gasteiger partial charge is 0.449 e. The summed E-state index contributed by atoms with van der Waals surface area (Å²) in [6, 6.07) is 13.0. The molecule has 1 amide bonds. The molecule has 2 aromatic carbocycles. The van der Waals surface area contributed by atoms with Crippen LogP contribution in [0.2, 0.25) is 0 Å². The van der Waals surface area contributed by atoms with Crippen LogP contribution in [0.25, 0.3) is 10.9 Å². The quantitative estimate of drug-likeness (QED) is 0.696. The van der Waals surface area contributed by atoms with E-state index in [9.17, 15) is 14.0 Å². The van der Waals surface area contributed by atoms with Gasteiger partial charge in [-0.1, -0.05) is 24.3 Å². The maximum atomic E-state index is 13.3. The van der Waals surface area contributed by atoms with Crippen LogP contribution >= 0.6 is 0 Å². The van der Waals surface area contributed by atoms with Crippen LogP contribution in [0.1, 0.15) is 35.0 Å². The van der Waals surface area contributed by atoms with Gasteiger partial charge in [-0.15, -0.1) is 0 Å². The third-order valence-corrected chi connectivity index (χ3v) is 4.87. The van der Waals surface area contributed by atoms with E-state index in [1.54, 1.807) is 6.07 Å². The molecule has 3 aromatic rings. The van der Waals surface area contributed by atoms with Gasteiger partial charge in [0.05, 0.1) is 11.1 Å². The second-order valence-electron chi connectivity index (χ2n) is 6.83. The Kier molecular flexibility index (Phi) is 4.77. The number of nitrogens with zero attached hydrogens (tertiary/aromatic N) is 1. The smallest absolute Gasteiger partial charge is 0.339 e. The second-order valence-corrected chi connectivity index (χ2v) is 6.83. The Bertz CT molecular complexity index is 1080. The standard InChI is InChI=1S/C22H19FN2O3/c1-13(21(26)24-15-7-4-6-14(23)12-15)28-22(27)20-16-8-2-3-10-18(16)25-19-11-5-9-17(19)20/h2-4,6-8,10,12-13H,5,9,11H2,1H3,(H,24,26)/t13-/m0/s1. The average molecular weight is 378 g/mol. The molecule has 0 spiro atoms. The Hall–Kier alpha value is -3.28. The number of fused-ring (bicyclic) bond motifs is 2. The van der Waals surface area contributed by atoms with Gasteiger partial charge >= 0.3 is 5.97 Å². The number of carbonyl (C=O) groups excluding carboxylic acids is 2. The third-order valence-electron chi connectivity index (χ3n) is 4.87. The maximum absolute atomic E-state index is 13.3. The van der Waals surface area contributed by atoms with E-state index in [4.69, 9.17) is 4.74 Å². The lowest BCUT2D eigenvalue weighted by molar-refractivity contribution is -0.123. The number of hydrogen-bond donors (Lipinski definition) is 1. The minimum absolute atomic E-state index is 0.308. The zero-order chi connectivity index (χ0) is 19.7. The fourth-order valence-corrected chi connectivity index (χ4v) is 3.53. The molecule has 0 radical (unpaired) electrons. The van der Waals surface area contributed by atoms with Crippen molar-refractivity contribution in [2.24, 2.45) is 0 Å². The molecule has 1 aliphatic carbocycles. The number of carbonyl (C=O) groups is 2. The fourth-order valence-electron chi connectivity index (χ4n) is 3.53. The first-order valence-corrected chi connectivity index (χ1v) is 9.21.